The van der Waals surface area contributed by atoms with Gasteiger partial charge in [-0.3, -0.25) is 4.99 Å². The predicted octanol–water partition coefficient (Wildman–Crippen LogP) is 3.34. The Morgan fingerprint density at radius 2 is 2.17 bits per heavy atom. The molecule has 70 valence electrons. The first-order valence-electron chi connectivity index (χ1n) is 4.86. The van der Waals surface area contributed by atoms with E-state index in [2.05, 4.69) is 32.7 Å². The summed E-state index contributed by atoms with van der Waals surface area (Å²) in [5.41, 5.74) is 0. The van der Waals surface area contributed by atoms with Crippen molar-refractivity contribution in [3.63, 3.8) is 0 Å². The molecule has 1 heterocycles. The minimum atomic E-state index is 0.550. The van der Waals surface area contributed by atoms with Crippen molar-refractivity contribution < 1.29 is 0 Å². The Bertz CT molecular complexity index is 175. The van der Waals surface area contributed by atoms with E-state index in [-0.39, 0.29) is 0 Å². The molecule has 2 unspecified atom stereocenters. The van der Waals surface area contributed by atoms with E-state index < -0.39 is 0 Å². The maximum absolute atomic E-state index is 4.66. The van der Waals surface area contributed by atoms with Crippen molar-refractivity contribution in [3.05, 3.63) is 0 Å². The maximum Gasteiger partial charge on any atom is 0.0685 e. The third-order valence-corrected chi connectivity index (χ3v) is 3.73. The van der Waals surface area contributed by atoms with Crippen molar-refractivity contribution >= 4 is 16.8 Å². The van der Waals surface area contributed by atoms with Gasteiger partial charge in [-0.2, -0.15) is 0 Å². The van der Waals surface area contributed by atoms with Gasteiger partial charge >= 0.3 is 0 Å². The molecule has 0 fully saturated rings. The number of nitrogens with zero attached hydrogens (tertiary/aromatic N) is 1. The Morgan fingerprint density at radius 3 is 2.58 bits per heavy atom. The standard InChI is InChI=1S/C10H19NS/c1-5-9-8(4)11-10(12-9)6-7(2)3/h7-9H,5-6H2,1-4H3. The fourth-order valence-electron chi connectivity index (χ4n) is 1.49. The van der Waals surface area contributed by atoms with Crippen LogP contribution in [0.15, 0.2) is 4.99 Å². The number of rotatable bonds is 3. The van der Waals surface area contributed by atoms with Crippen LogP contribution in [0.2, 0.25) is 0 Å². The molecule has 1 aliphatic heterocycles. The van der Waals surface area contributed by atoms with Crippen LogP contribution in [0.3, 0.4) is 0 Å². The van der Waals surface area contributed by atoms with Crippen LogP contribution < -0.4 is 0 Å². The summed E-state index contributed by atoms with van der Waals surface area (Å²) in [7, 11) is 0. The molecule has 0 aliphatic carbocycles. The van der Waals surface area contributed by atoms with Gasteiger partial charge in [-0.05, 0) is 25.7 Å². The van der Waals surface area contributed by atoms with Gasteiger partial charge in [0.05, 0.1) is 11.1 Å². The minimum Gasteiger partial charge on any atom is -0.279 e. The van der Waals surface area contributed by atoms with Gasteiger partial charge in [0.2, 0.25) is 0 Å². The van der Waals surface area contributed by atoms with Crippen LogP contribution in [0.25, 0.3) is 0 Å². The number of hydrogen-bond donors (Lipinski definition) is 0. The van der Waals surface area contributed by atoms with Crippen molar-refractivity contribution in [1.29, 1.82) is 0 Å². The lowest BCUT2D eigenvalue weighted by atomic mass is 10.1. The van der Waals surface area contributed by atoms with Crippen LogP contribution in [-0.2, 0) is 0 Å². The third-order valence-electron chi connectivity index (χ3n) is 2.16. The highest BCUT2D eigenvalue weighted by Gasteiger charge is 2.24. The topological polar surface area (TPSA) is 12.4 Å². The van der Waals surface area contributed by atoms with Gasteiger partial charge in [-0.1, -0.05) is 20.8 Å². The molecule has 2 heteroatoms. The molecule has 0 N–H and O–H groups in total. The van der Waals surface area contributed by atoms with E-state index in [4.69, 9.17) is 0 Å². The van der Waals surface area contributed by atoms with Gasteiger partial charge in [0.25, 0.3) is 0 Å². The lowest BCUT2D eigenvalue weighted by Gasteiger charge is -2.09. The highest BCUT2D eigenvalue weighted by Crippen LogP contribution is 2.31. The molecule has 0 amide bonds. The van der Waals surface area contributed by atoms with Crippen molar-refractivity contribution in [2.45, 2.75) is 51.8 Å². The maximum atomic E-state index is 4.66. The lowest BCUT2D eigenvalue weighted by molar-refractivity contribution is 0.670. The monoisotopic (exact) mass is 185 g/mol. The average molecular weight is 185 g/mol. The van der Waals surface area contributed by atoms with Crippen LogP contribution in [0.5, 0.6) is 0 Å². The summed E-state index contributed by atoms with van der Waals surface area (Å²) in [6.07, 6.45) is 2.42. The minimum absolute atomic E-state index is 0.550. The van der Waals surface area contributed by atoms with Crippen LogP contribution in [0.1, 0.15) is 40.5 Å². The Hall–Kier alpha value is 0.0200. The van der Waals surface area contributed by atoms with E-state index in [1.807, 2.05) is 11.8 Å². The molecule has 1 aliphatic rings. The number of hydrogen-bond acceptors (Lipinski definition) is 2. The average Bonchev–Trinajstić information content (AvgIpc) is 2.29. The van der Waals surface area contributed by atoms with Gasteiger partial charge < -0.3 is 0 Å². The molecule has 12 heavy (non-hydrogen) atoms. The van der Waals surface area contributed by atoms with Crippen molar-refractivity contribution in [2.24, 2.45) is 10.9 Å². The molecule has 0 saturated carbocycles. The zero-order valence-corrected chi connectivity index (χ0v) is 9.32. The molecule has 2 atom stereocenters. The van der Waals surface area contributed by atoms with E-state index in [0.717, 1.165) is 11.2 Å². The molecule has 0 bridgehead atoms. The van der Waals surface area contributed by atoms with Gasteiger partial charge in [0.15, 0.2) is 0 Å². The zero-order chi connectivity index (χ0) is 9.14. The van der Waals surface area contributed by atoms with E-state index in [1.54, 1.807) is 0 Å². The normalized spacial score (nSPS) is 29.6. The SMILES string of the molecule is CCC1SC(CC(C)C)=NC1C. The second-order valence-corrected chi connectivity index (χ2v) is 5.24. The molecule has 0 saturated heterocycles. The van der Waals surface area contributed by atoms with E-state index >= 15 is 0 Å². The zero-order valence-electron chi connectivity index (χ0n) is 8.50. The first-order valence-corrected chi connectivity index (χ1v) is 5.74. The molecule has 0 aromatic rings. The molecular formula is C10H19NS. The Labute approximate surface area is 80.0 Å². The van der Waals surface area contributed by atoms with E-state index in [9.17, 15) is 0 Å². The first-order chi connectivity index (χ1) is 5.63. The van der Waals surface area contributed by atoms with Gasteiger partial charge in [0, 0.05) is 5.25 Å². The molecular weight excluding hydrogens is 166 g/mol. The summed E-state index contributed by atoms with van der Waals surface area (Å²) in [4.78, 5) is 4.66. The fourth-order valence-corrected chi connectivity index (χ4v) is 2.92. The van der Waals surface area contributed by atoms with Crippen molar-refractivity contribution in [2.75, 3.05) is 0 Å². The van der Waals surface area contributed by atoms with Crippen molar-refractivity contribution in [3.8, 4) is 0 Å². The Morgan fingerprint density at radius 1 is 1.50 bits per heavy atom. The molecule has 0 radical (unpaired) electrons. The van der Waals surface area contributed by atoms with Gasteiger partial charge in [-0.15, -0.1) is 11.8 Å². The smallest absolute Gasteiger partial charge is 0.0685 e. The Kier molecular flexibility index (Phi) is 3.63. The van der Waals surface area contributed by atoms with Gasteiger partial charge in [0.1, 0.15) is 0 Å². The van der Waals surface area contributed by atoms with E-state index in [0.29, 0.717) is 6.04 Å². The predicted molar refractivity (Wildman–Crippen MR) is 58.0 cm³/mol. The van der Waals surface area contributed by atoms with Gasteiger partial charge in [-0.25, -0.2) is 0 Å². The molecule has 0 spiro atoms. The van der Waals surface area contributed by atoms with Crippen molar-refractivity contribution in [1.82, 2.24) is 0 Å². The molecule has 0 aromatic heterocycles. The van der Waals surface area contributed by atoms with Crippen LogP contribution in [0, 0.1) is 5.92 Å². The second kappa shape index (κ2) is 4.31. The molecule has 1 nitrogen and oxygen atoms in total. The number of thioether (sulfide) groups is 1. The number of aliphatic imine (C=N–C) groups is 1. The summed E-state index contributed by atoms with van der Waals surface area (Å²) in [6.45, 7) is 9.00. The largest absolute Gasteiger partial charge is 0.279 e. The quantitative estimate of drug-likeness (QED) is 0.657. The fraction of sp³-hybridized carbons (Fsp3) is 0.900. The van der Waals surface area contributed by atoms with Crippen LogP contribution in [-0.4, -0.2) is 16.3 Å². The summed E-state index contributed by atoms with van der Waals surface area (Å²) < 4.78 is 0. The third kappa shape index (κ3) is 2.51. The Balaban J connectivity index is 2.44. The molecule has 0 aromatic carbocycles. The molecule has 1 rings (SSSR count). The second-order valence-electron chi connectivity index (χ2n) is 3.93. The highest BCUT2D eigenvalue weighted by atomic mass is 32.2. The van der Waals surface area contributed by atoms with E-state index in [1.165, 1.54) is 17.9 Å². The summed E-state index contributed by atoms with van der Waals surface area (Å²) in [5, 5.41) is 2.13. The highest BCUT2D eigenvalue weighted by molar-refractivity contribution is 8.14. The summed E-state index contributed by atoms with van der Waals surface area (Å²) >= 11 is 2.00. The van der Waals surface area contributed by atoms with Crippen LogP contribution in [0.4, 0.5) is 0 Å². The summed E-state index contributed by atoms with van der Waals surface area (Å²) in [6, 6.07) is 0.550. The summed E-state index contributed by atoms with van der Waals surface area (Å²) in [5.74, 6) is 0.749. The first kappa shape index (κ1) is 10.1. The lowest BCUT2D eigenvalue weighted by Crippen LogP contribution is -2.11. The van der Waals surface area contributed by atoms with Crippen LogP contribution >= 0.6 is 11.8 Å².